The van der Waals surface area contributed by atoms with Gasteiger partial charge < -0.3 is 14.2 Å². The van der Waals surface area contributed by atoms with Crippen LogP contribution in [0.3, 0.4) is 0 Å². The lowest BCUT2D eigenvalue weighted by Crippen LogP contribution is -2.30. The fourth-order valence-electron chi connectivity index (χ4n) is 3.15. The molecule has 7 heteroatoms. The lowest BCUT2D eigenvalue weighted by Gasteiger charge is -2.21. The standard InChI is InChI=1S/C24H26FN3O3/c1-4-28(16-17-5-7-19(8-6-17)24(30)27(2)3)23(29)14-13-22-26-15-21(31-22)18-9-11-20(25)12-10-18/h5-12,15H,4,13-14,16H2,1-3H3. The highest BCUT2D eigenvalue weighted by molar-refractivity contribution is 5.93. The number of benzene rings is 2. The summed E-state index contributed by atoms with van der Waals surface area (Å²) in [5.41, 5.74) is 2.31. The van der Waals surface area contributed by atoms with Gasteiger partial charge in [-0.05, 0) is 48.9 Å². The monoisotopic (exact) mass is 423 g/mol. The zero-order valence-electron chi connectivity index (χ0n) is 18.0. The molecule has 0 unspecified atom stereocenters. The van der Waals surface area contributed by atoms with Gasteiger partial charge in [0.15, 0.2) is 11.7 Å². The minimum atomic E-state index is -0.312. The molecular weight excluding hydrogens is 397 g/mol. The van der Waals surface area contributed by atoms with E-state index >= 15 is 0 Å². The first-order chi connectivity index (χ1) is 14.9. The Morgan fingerprint density at radius 2 is 1.71 bits per heavy atom. The molecule has 0 spiro atoms. The summed E-state index contributed by atoms with van der Waals surface area (Å²) in [7, 11) is 3.43. The molecule has 2 amide bonds. The molecule has 0 saturated carbocycles. The van der Waals surface area contributed by atoms with Crippen LogP contribution in [-0.2, 0) is 17.8 Å². The largest absolute Gasteiger partial charge is 0.441 e. The van der Waals surface area contributed by atoms with E-state index in [4.69, 9.17) is 4.42 Å². The Morgan fingerprint density at radius 1 is 1.03 bits per heavy atom. The maximum atomic E-state index is 13.1. The van der Waals surface area contributed by atoms with Gasteiger partial charge in [0, 0.05) is 51.2 Å². The molecule has 1 aromatic heterocycles. The van der Waals surface area contributed by atoms with Crippen molar-refractivity contribution in [1.29, 1.82) is 0 Å². The molecule has 3 aromatic rings. The number of hydrogen-bond acceptors (Lipinski definition) is 4. The Bertz CT molecular complexity index is 1030. The Balaban J connectivity index is 1.56. The molecule has 0 atom stereocenters. The average Bonchev–Trinajstić information content (AvgIpc) is 3.25. The molecule has 3 rings (SSSR count). The summed E-state index contributed by atoms with van der Waals surface area (Å²) >= 11 is 0. The van der Waals surface area contributed by atoms with Crippen molar-refractivity contribution in [1.82, 2.24) is 14.8 Å². The number of carbonyl (C=O) groups excluding carboxylic acids is 2. The van der Waals surface area contributed by atoms with E-state index in [1.165, 1.54) is 17.0 Å². The third kappa shape index (κ3) is 5.78. The fourth-order valence-corrected chi connectivity index (χ4v) is 3.15. The zero-order valence-corrected chi connectivity index (χ0v) is 18.0. The summed E-state index contributed by atoms with van der Waals surface area (Å²) in [5.74, 6) is 0.642. The van der Waals surface area contributed by atoms with Crippen LogP contribution >= 0.6 is 0 Å². The van der Waals surface area contributed by atoms with E-state index in [0.29, 0.717) is 36.7 Å². The summed E-state index contributed by atoms with van der Waals surface area (Å²) in [5, 5.41) is 0. The first kappa shape index (κ1) is 22.2. The van der Waals surface area contributed by atoms with E-state index in [0.717, 1.165) is 11.1 Å². The van der Waals surface area contributed by atoms with Crippen LogP contribution in [0.4, 0.5) is 4.39 Å². The average molecular weight is 423 g/mol. The van der Waals surface area contributed by atoms with Gasteiger partial charge in [0.1, 0.15) is 5.82 Å². The van der Waals surface area contributed by atoms with Gasteiger partial charge in [0.2, 0.25) is 5.91 Å². The van der Waals surface area contributed by atoms with Crippen LogP contribution in [0, 0.1) is 5.82 Å². The minimum Gasteiger partial charge on any atom is -0.441 e. The summed E-state index contributed by atoms with van der Waals surface area (Å²) in [4.78, 5) is 32.2. The van der Waals surface area contributed by atoms with Crippen molar-refractivity contribution in [2.75, 3.05) is 20.6 Å². The normalized spacial score (nSPS) is 10.7. The van der Waals surface area contributed by atoms with E-state index in [1.807, 2.05) is 19.1 Å². The van der Waals surface area contributed by atoms with Crippen LogP contribution in [0.25, 0.3) is 11.3 Å². The molecule has 0 aliphatic carbocycles. The second-order valence-corrected chi connectivity index (χ2v) is 7.43. The Hall–Kier alpha value is -3.48. The number of rotatable bonds is 8. The first-order valence-corrected chi connectivity index (χ1v) is 10.2. The molecule has 1 heterocycles. The van der Waals surface area contributed by atoms with Crippen molar-refractivity contribution in [3.05, 3.63) is 77.6 Å². The molecule has 0 aliphatic heterocycles. The predicted octanol–water partition coefficient (Wildman–Crippen LogP) is 4.16. The first-order valence-electron chi connectivity index (χ1n) is 10.2. The van der Waals surface area contributed by atoms with Crippen molar-refractivity contribution in [2.45, 2.75) is 26.3 Å². The molecule has 0 fully saturated rings. The molecule has 0 saturated heterocycles. The number of oxazole rings is 1. The van der Waals surface area contributed by atoms with Crippen LogP contribution in [0.2, 0.25) is 0 Å². The number of aromatic nitrogens is 1. The number of amides is 2. The van der Waals surface area contributed by atoms with Crippen LogP contribution in [-0.4, -0.2) is 47.2 Å². The third-order valence-corrected chi connectivity index (χ3v) is 4.95. The maximum absolute atomic E-state index is 13.1. The van der Waals surface area contributed by atoms with E-state index in [2.05, 4.69) is 4.98 Å². The van der Waals surface area contributed by atoms with Gasteiger partial charge in [-0.25, -0.2) is 9.37 Å². The quantitative estimate of drug-likeness (QED) is 0.546. The third-order valence-electron chi connectivity index (χ3n) is 4.95. The van der Waals surface area contributed by atoms with Crippen LogP contribution < -0.4 is 0 Å². The smallest absolute Gasteiger partial charge is 0.253 e. The number of halogens is 1. The maximum Gasteiger partial charge on any atom is 0.253 e. The van der Waals surface area contributed by atoms with Gasteiger partial charge >= 0.3 is 0 Å². The minimum absolute atomic E-state index is 0.00234. The number of aryl methyl sites for hydroxylation is 1. The molecule has 0 bridgehead atoms. The van der Waals surface area contributed by atoms with E-state index < -0.39 is 0 Å². The molecule has 6 nitrogen and oxygen atoms in total. The fraction of sp³-hybridized carbons (Fsp3) is 0.292. The predicted molar refractivity (Wildman–Crippen MR) is 116 cm³/mol. The molecule has 2 aromatic carbocycles. The highest BCUT2D eigenvalue weighted by Crippen LogP contribution is 2.21. The number of carbonyl (C=O) groups is 2. The van der Waals surface area contributed by atoms with Gasteiger partial charge in [0.25, 0.3) is 5.91 Å². The second-order valence-electron chi connectivity index (χ2n) is 7.43. The summed E-state index contributed by atoms with van der Waals surface area (Å²) < 4.78 is 18.8. The molecule has 31 heavy (non-hydrogen) atoms. The number of hydrogen-bond donors (Lipinski definition) is 0. The highest BCUT2D eigenvalue weighted by atomic mass is 19.1. The summed E-state index contributed by atoms with van der Waals surface area (Å²) in [6, 6.07) is 13.3. The SMILES string of the molecule is CCN(Cc1ccc(C(=O)N(C)C)cc1)C(=O)CCc1ncc(-c2ccc(F)cc2)o1. The van der Waals surface area contributed by atoms with Gasteiger partial charge in [-0.2, -0.15) is 0 Å². The lowest BCUT2D eigenvalue weighted by atomic mass is 10.1. The van der Waals surface area contributed by atoms with Gasteiger partial charge in [0.05, 0.1) is 6.20 Å². The Kier molecular flexibility index (Phi) is 7.18. The zero-order chi connectivity index (χ0) is 22.4. The van der Waals surface area contributed by atoms with Crippen LogP contribution in [0.15, 0.2) is 59.1 Å². The molecule has 0 N–H and O–H groups in total. The van der Waals surface area contributed by atoms with Gasteiger partial charge in [-0.1, -0.05) is 12.1 Å². The topological polar surface area (TPSA) is 66.7 Å². The van der Waals surface area contributed by atoms with Crippen molar-refractivity contribution < 1.29 is 18.4 Å². The molecule has 162 valence electrons. The lowest BCUT2D eigenvalue weighted by molar-refractivity contribution is -0.131. The van der Waals surface area contributed by atoms with Gasteiger partial charge in [-0.15, -0.1) is 0 Å². The molecule has 0 radical (unpaired) electrons. The van der Waals surface area contributed by atoms with Crippen LogP contribution in [0.5, 0.6) is 0 Å². The highest BCUT2D eigenvalue weighted by Gasteiger charge is 2.15. The van der Waals surface area contributed by atoms with Crippen molar-refractivity contribution >= 4 is 11.8 Å². The summed E-state index contributed by atoms with van der Waals surface area (Å²) in [6.07, 6.45) is 2.24. The summed E-state index contributed by atoms with van der Waals surface area (Å²) in [6.45, 7) is 2.97. The van der Waals surface area contributed by atoms with Crippen LogP contribution in [0.1, 0.15) is 35.2 Å². The second kappa shape index (κ2) is 10.0. The molecular formula is C24H26FN3O3. The Morgan fingerprint density at radius 3 is 2.32 bits per heavy atom. The van der Waals surface area contributed by atoms with E-state index in [-0.39, 0.29) is 24.1 Å². The van der Waals surface area contributed by atoms with Crippen molar-refractivity contribution in [3.8, 4) is 11.3 Å². The van der Waals surface area contributed by atoms with E-state index in [9.17, 15) is 14.0 Å². The van der Waals surface area contributed by atoms with Crippen molar-refractivity contribution in [3.63, 3.8) is 0 Å². The van der Waals surface area contributed by atoms with Gasteiger partial charge in [-0.3, -0.25) is 9.59 Å². The van der Waals surface area contributed by atoms with E-state index in [1.54, 1.807) is 49.5 Å². The van der Waals surface area contributed by atoms with Crippen molar-refractivity contribution in [2.24, 2.45) is 0 Å². The molecule has 0 aliphatic rings. The Labute approximate surface area is 181 Å². The number of nitrogens with zero attached hydrogens (tertiary/aromatic N) is 3.